The van der Waals surface area contributed by atoms with E-state index in [1.54, 1.807) is 12.1 Å². The lowest BCUT2D eigenvalue weighted by atomic mass is 9.76. The highest BCUT2D eigenvalue weighted by Crippen LogP contribution is 2.38. The van der Waals surface area contributed by atoms with Crippen LogP contribution < -0.4 is 5.32 Å². The molecule has 2 aliphatic rings. The molecule has 0 saturated heterocycles. The Hall–Kier alpha value is -1.67. The van der Waals surface area contributed by atoms with E-state index in [1.165, 1.54) is 68.9 Å². The molecule has 0 radical (unpaired) electrons. The molecule has 0 atom stereocenters. The van der Waals surface area contributed by atoms with Crippen LogP contribution in [0.2, 0.25) is 0 Å². The zero-order chi connectivity index (χ0) is 19.2. The van der Waals surface area contributed by atoms with Gasteiger partial charge in [0.2, 0.25) is 0 Å². The number of rotatable bonds is 6. The van der Waals surface area contributed by atoms with E-state index in [0.717, 1.165) is 30.9 Å². The van der Waals surface area contributed by atoms with Crippen LogP contribution in [0.1, 0.15) is 80.9 Å². The van der Waals surface area contributed by atoms with Crippen molar-refractivity contribution < 1.29 is 4.39 Å². The number of hydrogen-bond donors (Lipinski definition) is 1. The van der Waals surface area contributed by atoms with E-state index >= 15 is 0 Å². The monoisotopic (exact) mass is 379 g/mol. The molecular weight excluding hydrogens is 345 g/mol. The average molecular weight is 380 g/mol. The molecule has 2 fully saturated rings. The second kappa shape index (κ2) is 9.22. The van der Waals surface area contributed by atoms with Crippen LogP contribution in [0, 0.1) is 11.7 Å². The highest BCUT2D eigenvalue weighted by molar-refractivity contribution is 5.29. The van der Waals surface area contributed by atoms with Crippen LogP contribution in [-0.4, -0.2) is 0 Å². The summed E-state index contributed by atoms with van der Waals surface area (Å²) in [6.45, 7) is 0.812. The molecule has 0 unspecified atom stereocenters. The molecule has 2 heteroatoms. The summed E-state index contributed by atoms with van der Waals surface area (Å²) in [6.07, 6.45) is 13.9. The number of halogens is 1. The second-order valence-electron chi connectivity index (χ2n) is 9.00. The van der Waals surface area contributed by atoms with Crippen LogP contribution in [0.3, 0.4) is 0 Å². The van der Waals surface area contributed by atoms with Crippen molar-refractivity contribution in [1.29, 1.82) is 0 Å². The molecule has 1 N–H and O–H groups in total. The van der Waals surface area contributed by atoms with Gasteiger partial charge >= 0.3 is 0 Å². The fourth-order valence-corrected chi connectivity index (χ4v) is 5.41. The topological polar surface area (TPSA) is 12.0 Å². The Morgan fingerprint density at radius 3 is 2.32 bits per heavy atom. The maximum absolute atomic E-state index is 14.6. The molecule has 0 bridgehead atoms. The van der Waals surface area contributed by atoms with Crippen LogP contribution in [0.5, 0.6) is 0 Å². The molecule has 0 heterocycles. The van der Waals surface area contributed by atoms with Crippen molar-refractivity contribution in [2.45, 2.75) is 82.7 Å². The Labute approximate surface area is 169 Å². The molecule has 0 aliphatic heterocycles. The average Bonchev–Trinajstić information content (AvgIpc) is 2.74. The van der Waals surface area contributed by atoms with Crippen LogP contribution >= 0.6 is 0 Å². The first-order valence-electron chi connectivity index (χ1n) is 11.3. The normalized spacial score (nSPS) is 20.2. The largest absolute Gasteiger partial charge is 0.303 e. The standard InChI is InChI=1S/C26H34FN/c27-25-15-6-5-14-24(25)26(16-7-2-8-17-26)28-20-23-13-9-12-22(19-23)18-21-10-3-1-4-11-21/h5-6,9,12-15,19,21,28H,1-4,7-8,10-11,16-18,20H2. The van der Waals surface area contributed by atoms with Crippen LogP contribution in [0.4, 0.5) is 4.39 Å². The minimum absolute atomic E-state index is 0.0667. The Bertz CT molecular complexity index is 757. The lowest BCUT2D eigenvalue weighted by Crippen LogP contribution is -2.44. The van der Waals surface area contributed by atoms with Crippen molar-refractivity contribution in [3.05, 3.63) is 71.0 Å². The van der Waals surface area contributed by atoms with Crippen molar-refractivity contribution in [2.24, 2.45) is 5.92 Å². The van der Waals surface area contributed by atoms with Gasteiger partial charge in [-0.3, -0.25) is 0 Å². The molecule has 0 aromatic heterocycles. The van der Waals surface area contributed by atoms with Gasteiger partial charge in [-0.25, -0.2) is 4.39 Å². The van der Waals surface area contributed by atoms with Gasteiger partial charge in [0.1, 0.15) is 5.82 Å². The second-order valence-corrected chi connectivity index (χ2v) is 9.00. The van der Waals surface area contributed by atoms with Gasteiger partial charge in [-0.1, -0.05) is 93.8 Å². The zero-order valence-electron chi connectivity index (χ0n) is 17.1. The first-order valence-corrected chi connectivity index (χ1v) is 11.3. The third kappa shape index (κ3) is 4.66. The lowest BCUT2D eigenvalue weighted by Gasteiger charge is -2.39. The summed E-state index contributed by atoms with van der Waals surface area (Å²) in [7, 11) is 0. The maximum Gasteiger partial charge on any atom is 0.128 e. The molecule has 150 valence electrons. The maximum atomic E-state index is 14.6. The predicted octanol–water partition coefficient (Wildman–Crippen LogP) is 6.90. The van der Waals surface area contributed by atoms with Crippen LogP contribution in [0.15, 0.2) is 48.5 Å². The zero-order valence-corrected chi connectivity index (χ0v) is 17.1. The third-order valence-electron chi connectivity index (χ3n) is 6.97. The van der Waals surface area contributed by atoms with Crippen molar-refractivity contribution in [1.82, 2.24) is 5.32 Å². The van der Waals surface area contributed by atoms with Crippen molar-refractivity contribution >= 4 is 0 Å². The first-order chi connectivity index (χ1) is 13.8. The molecule has 0 spiro atoms. The summed E-state index contributed by atoms with van der Waals surface area (Å²) in [6, 6.07) is 16.4. The molecule has 2 saturated carbocycles. The first kappa shape index (κ1) is 19.6. The van der Waals surface area contributed by atoms with Gasteiger partial charge in [-0.2, -0.15) is 0 Å². The molecule has 28 heavy (non-hydrogen) atoms. The van der Waals surface area contributed by atoms with Crippen LogP contribution in [0.25, 0.3) is 0 Å². The molecule has 2 aromatic rings. The molecular formula is C26H34FN. The van der Waals surface area contributed by atoms with Gasteiger partial charge in [0.15, 0.2) is 0 Å². The van der Waals surface area contributed by atoms with Gasteiger partial charge in [-0.15, -0.1) is 0 Å². The smallest absolute Gasteiger partial charge is 0.128 e. The van der Waals surface area contributed by atoms with Gasteiger partial charge < -0.3 is 5.32 Å². The third-order valence-corrected chi connectivity index (χ3v) is 6.97. The summed E-state index contributed by atoms with van der Waals surface area (Å²) < 4.78 is 14.6. The van der Waals surface area contributed by atoms with E-state index < -0.39 is 0 Å². The molecule has 2 aliphatic carbocycles. The van der Waals surface area contributed by atoms with Gasteiger partial charge in [0.25, 0.3) is 0 Å². The Morgan fingerprint density at radius 1 is 0.821 bits per heavy atom. The summed E-state index contributed by atoms with van der Waals surface area (Å²) in [5.41, 5.74) is 3.43. The summed E-state index contributed by atoms with van der Waals surface area (Å²) in [4.78, 5) is 0. The van der Waals surface area contributed by atoms with E-state index in [0.29, 0.717) is 0 Å². The van der Waals surface area contributed by atoms with Gasteiger partial charge in [0, 0.05) is 17.6 Å². The predicted molar refractivity (Wildman–Crippen MR) is 115 cm³/mol. The van der Waals surface area contributed by atoms with Crippen molar-refractivity contribution in [3.63, 3.8) is 0 Å². The Balaban J connectivity index is 1.47. The van der Waals surface area contributed by atoms with E-state index in [1.807, 2.05) is 12.1 Å². The van der Waals surface area contributed by atoms with Gasteiger partial charge in [0.05, 0.1) is 0 Å². The number of benzene rings is 2. The van der Waals surface area contributed by atoms with Crippen molar-refractivity contribution in [3.8, 4) is 0 Å². The highest BCUT2D eigenvalue weighted by Gasteiger charge is 2.35. The minimum Gasteiger partial charge on any atom is -0.303 e. The molecule has 1 nitrogen and oxygen atoms in total. The highest BCUT2D eigenvalue weighted by atomic mass is 19.1. The minimum atomic E-state index is -0.219. The molecule has 2 aromatic carbocycles. The molecule has 0 amide bonds. The summed E-state index contributed by atoms with van der Waals surface area (Å²) in [5.74, 6) is 0.794. The quantitative estimate of drug-likeness (QED) is 0.576. The Kier molecular flexibility index (Phi) is 6.47. The number of nitrogens with one attached hydrogen (secondary N) is 1. The van der Waals surface area contributed by atoms with Crippen molar-refractivity contribution in [2.75, 3.05) is 0 Å². The molecule has 4 rings (SSSR count). The SMILES string of the molecule is Fc1ccccc1C1(NCc2cccc(CC3CCCCC3)c2)CCCCC1. The number of hydrogen-bond acceptors (Lipinski definition) is 1. The summed E-state index contributed by atoms with van der Waals surface area (Å²) >= 11 is 0. The van der Waals surface area contributed by atoms with Crippen LogP contribution in [-0.2, 0) is 18.5 Å². The van der Waals surface area contributed by atoms with E-state index in [-0.39, 0.29) is 11.4 Å². The lowest BCUT2D eigenvalue weighted by molar-refractivity contribution is 0.224. The summed E-state index contributed by atoms with van der Waals surface area (Å²) in [5, 5.41) is 3.80. The van der Waals surface area contributed by atoms with E-state index in [9.17, 15) is 4.39 Å². The van der Waals surface area contributed by atoms with E-state index in [4.69, 9.17) is 0 Å². The fraction of sp³-hybridized carbons (Fsp3) is 0.538. The van der Waals surface area contributed by atoms with Gasteiger partial charge in [-0.05, 0) is 42.4 Å². The van der Waals surface area contributed by atoms with E-state index in [2.05, 4.69) is 29.6 Å². The fourth-order valence-electron chi connectivity index (χ4n) is 5.41. The Morgan fingerprint density at radius 2 is 1.54 bits per heavy atom.